The Morgan fingerprint density at radius 3 is 2.65 bits per heavy atom. The monoisotopic (exact) mass is 283 g/mol. The van der Waals surface area contributed by atoms with Gasteiger partial charge in [0.05, 0.1) is 12.6 Å². The maximum Gasteiger partial charge on any atom is 0.322 e. The van der Waals surface area contributed by atoms with E-state index < -0.39 is 18.1 Å². The molecule has 7 nitrogen and oxygen atoms in total. The van der Waals surface area contributed by atoms with E-state index in [1.165, 1.54) is 4.90 Å². The number of carbonyl (C=O) groups is 3. The molecule has 3 N–H and O–H groups in total. The molecule has 2 atom stereocenters. The van der Waals surface area contributed by atoms with Gasteiger partial charge in [-0.25, -0.2) is 0 Å². The molecular formula is C13H21N3O4. The van der Waals surface area contributed by atoms with E-state index in [4.69, 9.17) is 0 Å². The normalized spacial score (nSPS) is 26.1. The first-order valence-corrected chi connectivity index (χ1v) is 7.04. The fourth-order valence-electron chi connectivity index (χ4n) is 2.84. The molecule has 2 amide bonds. The van der Waals surface area contributed by atoms with Gasteiger partial charge in [0, 0.05) is 12.6 Å². The average molecular weight is 283 g/mol. The number of hydrogen-bond donors (Lipinski definition) is 3. The fraction of sp³-hybridized carbons (Fsp3) is 0.769. The summed E-state index contributed by atoms with van der Waals surface area (Å²) in [5.74, 6) is -1.47. The van der Waals surface area contributed by atoms with Crippen LogP contribution in [0.3, 0.4) is 0 Å². The molecule has 2 rings (SSSR count). The minimum atomic E-state index is -1.02. The molecule has 7 heteroatoms. The van der Waals surface area contributed by atoms with E-state index >= 15 is 0 Å². The third-order valence-electron chi connectivity index (χ3n) is 4.08. The second-order valence-corrected chi connectivity index (χ2v) is 5.50. The number of carbonyl (C=O) groups excluding carboxylic acids is 2. The van der Waals surface area contributed by atoms with Gasteiger partial charge >= 0.3 is 5.97 Å². The van der Waals surface area contributed by atoms with Gasteiger partial charge in [0.2, 0.25) is 11.8 Å². The number of nitrogens with zero attached hydrogens (tertiary/aromatic N) is 1. The van der Waals surface area contributed by atoms with Crippen molar-refractivity contribution in [1.82, 2.24) is 15.5 Å². The molecule has 1 aliphatic carbocycles. The quantitative estimate of drug-likeness (QED) is 0.635. The summed E-state index contributed by atoms with van der Waals surface area (Å²) < 4.78 is 0. The lowest BCUT2D eigenvalue weighted by Gasteiger charge is -2.36. The molecule has 0 spiro atoms. The van der Waals surface area contributed by atoms with E-state index in [1.807, 2.05) is 0 Å². The Labute approximate surface area is 117 Å². The SMILES string of the molecule is CC(C(=O)NC1CCCC1)N1CC(=O)NCC1C(=O)O. The smallest absolute Gasteiger partial charge is 0.322 e. The predicted octanol–water partition coefficient (Wildman–Crippen LogP) is -0.681. The molecule has 1 aliphatic heterocycles. The van der Waals surface area contributed by atoms with Crippen molar-refractivity contribution in [3.63, 3.8) is 0 Å². The Morgan fingerprint density at radius 2 is 2.05 bits per heavy atom. The van der Waals surface area contributed by atoms with Crippen LogP contribution in [0.4, 0.5) is 0 Å². The number of aliphatic carboxylic acids is 1. The Hall–Kier alpha value is -1.63. The van der Waals surface area contributed by atoms with Gasteiger partial charge in [-0.05, 0) is 19.8 Å². The van der Waals surface area contributed by atoms with Gasteiger partial charge in [0.15, 0.2) is 0 Å². The lowest BCUT2D eigenvalue weighted by atomic mass is 10.1. The minimum Gasteiger partial charge on any atom is -0.480 e. The zero-order chi connectivity index (χ0) is 14.7. The van der Waals surface area contributed by atoms with Gasteiger partial charge in [-0.3, -0.25) is 19.3 Å². The second-order valence-electron chi connectivity index (χ2n) is 5.50. The molecule has 0 aromatic heterocycles. The van der Waals surface area contributed by atoms with Crippen molar-refractivity contribution in [3.05, 3.63) is 0 Å². The number of carboxylic acids is 1. The lowest BCUT2D eigenvalue weighted by molar-refractivity contribution is -0.148. The molecule has 0 aromatic carbocycles. The van der Waals surface area contributed by atoms with Gasteiger partial charge < -0.3 is 15.7 Å². The summed E-state index contributed by atoms with van der Waals surface area (Å²) in [6, 6.07) is -1.29. The molecule has 2 aliphatic rings. The van der Waals surface area contributed by atoms with Crippen LogP contribution in [-0.4, -0.2) is 59.0 Å². The van der Waals surface area contributed by atoms with Crippen LogP contribution in [0.2, 0.25) is 0 Å². The first-order chi connectivity index (χ1) is 9.49. The molecule has 1 heterocycles. The van der Waals surface area contributed by atoms with Crippen molar-refractivity contribution in [2.24, 2.45) is 0 Å². The van der Waals surface area contributed by atoms with Crippen LogP contribution in [0.25, 0.3) is 0 Å². The topological polar surface area (TPSA) is 98.7 Å². The van der Waals surface area contributed by atoms with Crippen molar-refractivity contribution in [2.45, 2.75) is 50.7 Å². The van der Waals surface area contributed by atoms with Crippen LogP contribution in [0, 0.1) is 0 Å². The number of nitrogens with one attached hydrogen (secondary N) is 2. The van der Waals surface area contributed by atoms with E-state index in [0.29, 0.717) is 0 Å². The number of rotatable bonds is 4. The van der Waals surface area contributed by atoms with Crippen LogP contribution >= 0.6 is 0 Å². The van der Waals surface area contributed by atoms with Crippen LogP contribution in [0.5, 0.6) is 0 Å². The zero-order valence-electron chi connectivity index (χ0n) is 11.6. The van der Waals surface area contributed by atoms with Crippen molar-refractivity contribution < 1.29 is 19.5 Å². The third kappa shape index (κ3) is 3.27. The van der Waals surface area contributed by atoms with E-state index in [0.717, 1.165) is 25.7 Å². The summed E-state index contributed by atoms with van der Waals surface area (Å²) in [5, 5.41) is 14.6. The standard InChI is InChI=1S/C13H21N3O4/c1-8(12(18)15-9-4-2-3-5-9)16-7-11(17)14-6-10(16)13(19)20/h8-10H,2-7H2,1H3,(H,14,17)(H,15,18)(H,19,20). The van der Waals surface area contributed by atoms with Gasteiger partial charge in [0.25, 0.3) is 0 Å². The maximum atomic E-state index is 12.2. The van der Waals surface area contributed by atoms with Crippen LogP contribution in [0.1, 0.15) is 32.6 Å². The lowest BCUT2D eigenvalue weighted by Crippen LogP contribution is -2.62. The zero-order valence-corrected chi connectivity index (χ0v) is 11.6. The highest BCUT2D eigenvalue weighted by molar-refractivity contribution is 5.87. The number of carboxylic acid groups (broad SMARTS) is 1. The first kappa shape index (κ1) is 14.8. The summed E-state index contributed by atoms with van der Waals surface area (Å²) in [6.07, 6.45) is 4.18. The molecule has 2 unspecified atom stereocenters. The molecule has 0 aromatic rings. The Morgan fingerprint density at radius 1 is 1.40 bits per heavy atom. The average Bonchev–Trinajstić information content (AvgIpc) is 2.90. The number of amides is 2. The summed E-state index contributed by atoms with van der Waals surface area (Å²) in [4.78, 5) is 36.3. The first-order valence-electron chi connectivity index (χ1n) is 7.04. The highest BCUT2D eigenvalue weighted by Crippen LogP contribution is 2.18. The summed E-state index contributed by atoms with van der Waals surface area (Å²) in [7, 11) is 0. The summed E-state index contributed by atoms with van der Waals surface area (Å²) in [6.45, 7) is 1.63. The molecule has 1 saturated carbocycles. The van der Waals surface area contributed by atoms with Crippen molar-refractivity contribution in [2.75, 3.05) is 13.1 Å². The van der Waals surface area contributed by atoms with Crippen LogP contribution in [0.15, 0.2) is 0 Å². The Kier molecular flexibility index (Phi) is 4.59. The van der Waals surface area contributed by atoms with Gasteiger partial charge in [-0.2, -0.15) is 0 Å². The molecule has 112 valence electrons. The number of hydrogen-bond acceptors (Lipinski definition) is 4. The number of piperazine rings is 1. The molecule has 2 fully saturated rings. The van der Waals surface area contributed by atoms with E-state index in [-0.39, 0.29) is 30.9 Å². The van der Waals surface area contributed by atoms with Gasteiger partial charge in [-0.1, -0.05) is 12.8 Å². The Bertz CT molecular complexity index is 406. The van der Waals surface area contributed by atoms with E-state index in [9.17, 15) is 19.5 Å². The molecule has 1 saturated heterocycles. The van der Waals surface area contributed by atoms with Gasteiger partial charge in [0.1, 0.15) is 6.04 Å². The van der Waals surface area contributed by atoms with E-state index in [2.05, 4.69) is 10.6 Å². The van der Waals surface area contributed by atoms with Crippen molar-refractivity contribution in [3.8, 4) is 0 Å². The molecule has 20 heavy (non-hydrogen) atoms. The summed E-state index contributed by atoms with van der Waals surface area (Å²) in [5.41, 5.74) is 0. The second kappa shape index (κ2) is 6.21. The summed E-state index contributed by atoms with van der Waals surface area (Å²) >= 11 is 0. The predicted molar refractivity (Wildman–Crippen MR) is 71.0 cm³/mol. The Balaban J connectivity index is 1.99. The third-order valence-corrected chi connectivity index (χ3v) is 4.08. The fourth-order valence-corrected chi connectivity index (χ4v) is 2.84. The van der Waals surface area contributed by atoms with Crippen LogP contribution in [-0.2, 0) is 14.4 Å². The molecule has 0 radical (unpaired) electrons. The molecule has 0 bridgehead atoms. The van der Waals surface area contributed by atoms with Gasteiger partial charge in [-0.15, -0.1) is 0 Å². The van der Waals surface area contributed by atoms with Crippen LogP contribution < -0.4 is 10.6 Å². The highest BCUT2D eigenvalue weighted by Gasteiger charge is 2.37. The molecular weight excluding hydrogens is 262 g/mol. The van der Waals surface area contributed by atoms with Crippen molar-refractivity contribution >= 4 is 17.8 Å². The largest absolute Gasteiger partial charge is 0.480 e. The highest BCUT2D eigenvalue weighted by atomic mass is 16.4. The van der Waals surface area contributed by atoms with Crippen molar-refractivity contribution in [1.29, 1.82) is 0 Å². The maximum absolute atomic E-state index is 12.2. The minimum absolute atomic E-state index is 0.0369. The van der Waals surface area contributed by atoms with E-state index in [1.54, 1.807) is 6.92 Å².